The molecule has 3 rings (SSSR count). The fraction of sp³-hybridized carbons (Fsp3) is 0.355. The Morgan fingerprint density at radius 1 is 0.771 bits per heavy atom. The molecule has 0 bridgehead atoms. The number of hydrogen-bond acceptors (Lipinski definition) is 2. The van der Waals surface area contributed by atoms with Crippen molar-refractivity contribution in [3.05, 3.63) is 108 Å². The normalized spacial score (nSPS) is 12.7. The number of rotatable bonds is 12. The third-order valence-electron chi connectivity index (χ3n) is 6.65. The van der Waals surface area contributed by atoms with Crippen LogP contribution >= 0.6 is 0 Å². The molecule has 0 fully saturated rings. The topological polar surface area (TPSA) is 49.4 Å². The average molecular weight is 471 g/mol. The van der Waals surface area contributed by atoms with E-state index in [2.05, 4.69) is 48.6 Å². The fourth-order valence-corrected chi connectivity index (χ4v) is 4.43. The zero-order valence-corrected chi connectivity index (χ0v) is 21.2. The van der Waals surface area contributed by atoms with Gasteiger partial charge in [-0.05, 0) is 42.9 Å². The van der Waals surface area contributed by atoms with E-state index in [1.165, 1.54) is 0 Å². The van der Waals surface area contributed by atoms with E-state index in [4.69, 9.17) is 0 Å². The summed E-state index contributed by atoms with van der Waals surface area (Å²) >= 11 is 0. The highest BCUT2D eigenvalue weighted by Crippen LogP contribution is 2.29. The summed E-state index contributed by atoms with van der Waals surface area (Å²) in [6.07, 6.45) is 2.45. The number of benzene rings is 3. The quantitative estimate of drug-likeness (QED) is 0.354. The molecule has 3 aromatic carbocycles. The minimum atomic E-state index is -0.493. The van der Waals surface area contributed by atoms with Crippen molar-refractivity contribution < 1.29 is 9.59 Å². The molecule has 0 aromatic heterocycles. The predicted molar refractivity (Wildman–Crippen MR) is 143 cm³/mol. The Bertz CT molecular complexity index is 998. The molecule has 0 heterocycles. The van der Waals surface area contributed by atoms with Gasteiger partial charge >= 0.3 is 0 Å². The van der Waals surface area contributed by atoms with Gasteiger partial charge in [0.25, 0.3) is 0 Å². The van der Waals surface area contributed by atoms with Crippen LogP contribution in [0.4, 0.5) is 0 Å². The molecule has 1 N–H and O–H groups in total. The maximum atomic E-state index is 13.9. The van der Waals surface area contributed by atoms with E-state index in [-0.39, 0.29) is 23.8 Å². The van der Waals surface area contributed by atoms with Gasteiger partial charge < -0.3 is 10.2 Å². The van der Waals surface area contributed by atoms with Gasteiger partial charge in [0.2, 0.25) is 11.8 Å². The molecule has 0 unspecified atom stereocenters. The smallest absolute Gasteiger partial charge is 0.243 e. The average Bonchev–Trinajstić information content (AvgIpc) is 2.90. The van der Waals surface area contributed by atoms with E-state index in [0.29, 0.717) is 25.8 Å². The van der Waals surface area contributed by atoms with E-state index in [1.54, 1.807) is 0 Å². The van der Waals surface area contributed by atoms with Crippen LogP contribution in [0.25, 0.3) is 0 Å². The molecule has 184 valence electrons. The number of nitrogens with one attached hydrogen (secondary N) is 1. The monoisotopic (exact) mass is 470 g/mol. The standard InChI is InChI=1S/C31H38N2O2/c1-4-24(3)32-31(35)29(5-2)33(22-21-25-15-9-6-10-16-25)30(34)23-28(26-17-11-7-12-18-26)27-19-13-8-14-20-27/h6-20,24,28-29H,4-5,21-23H2,1-3H3,(H,32,35)/t24-,29+/m0/s1. The third kappa shape index (κ3) is 7.54. The minimum absolute atomic E-state index is 0.00443. The number of amides is 2. The molecule has 4 heteroatoms. The first kappa shape index (κ1) is 26.2. The summed E-state index contributed by atoms with van der Waals surface area (Å²) in [6, 6.07) is 30.1. The molecule has 0 aliphatic rings. The van der Waals surface area contributed by atoms with E-state index in [0.717, 1.165) is 23.1 Å². The molecule has 35 heavy (non-hydrogen) atoms. The first-order valence-corrected chi connectivity index (χ1v) is 12.8. The molecule has 2 atom stereocenters. The zero-order chi connectivity index (χ0) is 25.0. The highest BCUT2D eigenvalue weighted by molar-refractivity contribution is 5.88. The number of carbonyl (C=O) groups is 2. The Morgan fingerprint density at radius 3 is 1.77 bits per heavy atom. The van der Waals surface area contributed by atoms with E-state index >= 15 is 0 Å². The van der Waals surface area contributed by atoms with Crippen LogP contribution in [-0.4, -0.2) is 35.3 Å². The molecule has 4 nitrogen and oxygen atoms in total. The molecule has 3 aromatic rings. The molecular formula is C31H38N2O2. The van der Waals surface area contributed by atoms with E-state index in [1.807, 2.05) is 73.3 Å². The van der Waals surface area contributed by atoms with Crippen LogP contribution in [0, 0.1) is 0 Å². The largest absolute Gasteiger partial charge is 0.352 e. The molecule has 0 radical (unpaired) electrons. The Balaban J connectivity index is 1.89. The van der Waals surface area contributed by atoms with Gasteiger partial charge in [0.05, 0.1) is 0 Å². The van der Waals surface area contributed by atoms with Gasteiger partial charge in [0.1, 0.15) is 6.04 Å². The SMILES string of the molecule is CC[C@H](C(=O)N[C@@H](C)CC)N(CCc1ccccc1)C(=O)CC(c1ccccc1)c1ccccc1. The van der Waals surface area contributed by atoms with Crippen LogP contribution in [-0.2, 0) is 16.0 Å². The lowest BCUT2D eigenvalue weighted by Crippen LogP contribution is -2.52. The van der Waals surface area contributed by atoms with Crippen LogP contribution in [0.1, 0.15) is 62.6 Å². The van der Waals surface area contributed by atoms with Crippen molar-refractivity contribution >= 4 is 11.8 Å². The summed E-state index contributed by atoms with van der Waals surface area (Å²) in [4.78, 5) is 29.0. The van der Waals surface area contributed by atoms with Crippen LogP contribution in [0.5, 0.6) is 0 Å². The summed E-state index contributed by atoms with van der Waals surface area (Å²) in [5.41, 5.74) is 3.37. The molecule has 0 saturated carbocycles. The van der Waals surface area contributed by atoms with Gasteiger partial charge in [0.15, 0.2) is 0 Å². The Labute approximate surface area is 210 Å². The van der Waals surface area contributed by atoms with Crippen LogP contribution in [0.3, 0.4) is 0 Å². The van der Waals surface area contributed by atoms with Gasteiger partial charge in [-0.25, -0.2) is 0 Å². The maximum Gasteiger partial charge on any atom is 0.243 e. The van der Waals surface area contributed by atoms with Crippen molar-refractivity contribution in [2.75, 3.05) is 6.54 Å². The molecule has 2 amide bonds. The van der Waals surface area contributed by atoms with Crippen molar-refractivity contribution in [2.24, 2.45) is 0 Å². The number of hydrogen-bond donors (Lipinski definition) is 1. The highest BCUT2D eigenvalue weighted by atomic mass is 16.2. The van der Waals surface area contributed by atoms with E-state index < -0.39 is 6.04 Å². The van der Waals surface area contributed by atoms with Crippen molar-refractivity contribution in [1.82, 2.24) is 10.2 Å². The summed E-state index contributed by atoms with van der Waals surface area (Å²) in [5.74, 6) is -0.136. The fourth-order valence-electron chi connectivity index (χ4n) is 4.43. The van der Waals surface area contributed by atoms with Crippen molar-refractivity contribution in [3.8, 4) is 0 Å². The Morgan fingerprint density at radius 2 is 1.29 bits per heavy atom. The van der Waals surface area contributed by atoms with Crippen LogP contribution in [0.2, 0.25) is 0 Å². The second-order valence-electron chi connectivity index (χ2n) is 9.14. The van der Waals surface area contributed by atoms with Gasteiger partial charge in [0, 0.05) is 24.9 Å². The van der Waals surface area contributed by atoms with Gasteiger partial charge in [-0.3, -0.25) is 9.59 Å². The summed E-state index contributed by atoms with van der Waals surface area (Å²) in [7, 11) is 0. The van der Waals surface area contributed by atoms with Gasteiger partial charge in [-0.2, -0.15) is 0 Å². The molecular weight excluding hydrogens is 432 g/mol. The van der Waals surface area contributed by atoms with Crippen molar-refractivity contribution in [3.63, 3.8) is 0 Å². The lowest BCUT2D eigenvalue weighted by atomic mass is 9.88. The highest BCUT2D eigenvalue weighted by Gasteiger charge is 2.31. The van der Waals surface area contributed by atoms with Crippen molar-refractivity contribution in [2.45, 2.75) is 64.5 Å². The second-order valence-corrected chi connectivity index (χ2v) is 9.14. The maximum absolute atomic E-state index is 13.9. The zero-order valence-electron chi connectivity index (χ0n) is 21.2. The minimum Gasteiger partial charge on any atom is -0.352 e. The second kappa shape index (κ2) is 13.5. The Kier molecular flexibility index (Phi) is 10.1. The first-order valence-electron chi connectivity index (χ1n) is 12.8. The summed E-state index contributed by atoms with van der Waals surface area (Å²) in [5, 5.41) is 3.10. The van der Waals surface area contributed by atoms with Gasteiger partial charge in [-0.15, -0.1) is 0 Å². The lowest BCUT2D eigenvalue weighted by Gasteiger charge is -2.33. The van der Waals surface area contributed by atoms with Crippen molar-refractivity contribution in [1.29, 1.82) is 0 Å². The number of carbonyl (C=O) groups excluding carboxylic acids is 2. The van der Waals surface area contributed by atoms with Crippen LogP contribution < -0.4 is 5.32 Å². The molecule has 0 spiro atoms. The molecule has 0 aliphatic carbocycles. The first-order chi connectivity index (χ1) is 17.0. The summed E-state index contributed by atoms with van der Waals surface area (Å²) < 4.78 is 0. The predicted octanol–water partition coefficient (Wildman–Crippen LogP) is 5.97. The third-order valence-corrected chi connectivity index (χ3v) is 6.65. The molecule has 0 saturated heterocycles. The number of nitrogens with zero attached hydrogens (tertiary/aromatic N) is 1. The Hall–Kier alpha value is -3.40. The van der Waals surface area contributed by atoms with Crippen LogP contribution in [0.15, 0.2) is 91.0 Å². The lowest BCUT2D eigenvalue weighted by molar-refractivity contribution is -0.141. The molecule has 0 aliphatic heterocycles. The summed E-state index contributed by atoms with van der Waals surface area (Å²) in [6.45, 7) is 6.54. The van der Waals surface area contributed by atoms with Gasteiger partial charge in [-0.1, -0.05) is 105 Å². The van der Waals surface area contributed by atoms with E-state index in [9.17, 15) is 9.59 Å².